The normalized spacial score (nSPS) is 13.9. The number of rotatable bonds is 3. The first kappa shape index (κ1) is 13.5. The molecular weight excluding hydrogens is 220 g/mol. The van der Waals surface area contributed by atoms with Gasteiger partial charge in [-0.25, -0.2) is 9.97 Å². The predicted molar refractivity (Wildman–Crippen MR) is 68.5 cm³/mol. The molecule has 1 heterocycles. The molecule has 1 aromatic heterocycles. The van der Waals surface area contributed by atoms with Gasteiger partial charge in [0.1, 0.15) is 5.82 Å². The second kappa shape index (κ2) is 5.15. The number of hydrogen-bond donors (Lipinski definition) is 1. The first-order valence-corrected chi connectivity index (χ1v) is 6.42. The number of aryl methyl sites for hydroxylation is 1. The molecule has 0 saturated heterocycles. The van der Waals surface area contributed by atoms with Gasteiger partial charge in [0.2, 0.25) is 0 Å². The molecule has 0 saturated carbocycles. The molecule has 1 rings (SSSR count). The molecule has 0 radical (unpaired) electrons. The molecule has 90 valence electrons. The lowest BCUT2D eigenvalue weighted by Gasteiger charge is -2.17. The van der Waals surface area contributed by atoms with Crippen molar-refractivity contribution in [1.29, 1.82) is 0 Å². The lowest BCUT2D eigenvalue weighted by molar-refractivity contribution is 0.197. The Hall–Kier alpha value is -0.610. The highest BCUT2D eigenvalue weighted by Crippen LogP contribution is 2.26. The standard InChI is InChI=1S/C12H20N2OS/c1-8-10(9(2)15)6-13-11(14-8)7-16-12(3,4)5/h6,9,15H,7H2,1-5H3/t9-/m1/s1. The van der Waals surface area contributed by atoms with Gasteiger partial charge in [-0.15, -0.1) is 11.8 Å². The summed E-state index contributed by atoms with van der Waals surface area (Å²) < 4.78 is 0.222. The maximum absolute atomic E-state index is 9.47. The molecule has 0 spiro atoms. The Morgan fingerprint density at radius 1 is 1.44 bits per heavy atom. The van der Waals surface area contributed by atoms with Crippen LogP contribution in [0, 0.1) is 6.92 Å². The fraction of sp³-hybridized carbons (Fsp3) is 0.667. The SMILES string of the molecule is Cc1nc(CSC(C)(C)C)ncc1[C@@H](C)O. The Bertz CT molecular complexity index is 359. The van der Waals surface area contributed by atoms with Crippen LogP contribution in [-0.2, 0) is 5.75 Å². The van der Waals surface area contributed by atoms with Crippen LogP contribution < -0.4 is 0 Å². The molecule has 0 amide bonds. The molecule has 1 atom stereocenters. The summed E-state index contributed by atoms with van der Waals surface area (Å²) in [6, 6.07) is 0. The smallest absolute Gasteiger partial charge is 0.138 e. The van der Waals surface area contributed by atoms with Crippen molar-refractivity contribution in [3.05, 3.63) is 23.3 Å². The highest BCUT2D eigenvalue weighted by atomic mass is 32.2. The third kappa shape index (κ3) is 4.10. The zero-order valence-electron chi connectivity index (χ0n) is 10.6. The van der Waals surface area contributed by atoms with Crippen molar-refractivity contribution >= 4 is 11.8 Å². The number of nitrogens with zero attached hydrogens (tertiary/aromatic N) is 2. The van der Waals surface area contributed by atoms with Crippen LogP contribution in [0.5, 0.6) is 0 Å². The van der Waals surface area contributed by atoms with Gasteiger partial charge in [-0.1, -0.05) is 20.8 Å². The lowest BCUT2D eigenvalue weighted by Crippen LogP contribution is -2.09. The lowest BCUT2D eigenvalue weighted by atomic mass is 10.1. The highest BCUT2D eigenvalue weighted by Gasteiger charge is 2.13. The summed E-state index contributed by atoms with van der Waals surface area (Å²) in [5.74, 6) is 1.64. The zero-order chi connectivity index (χ0) is 12.3. The van der Waals surface area contributed by atoms with Crippen LogP contribution in [0.25, 0.3) is 0 Å². The summed E-state index contributed by atoms with van der Waals surface area (Å²) >= 11 is 1.82. The van der Waals surface area contributed by atoms with E-state index in [0.29, 0.717) is 0 Å². The third-order valence-corrected chi connectivity index (χ3v) is 3.42. The predicted octanol–water partition coefficient (Wildman–Crippen LogP) is 2.87. The molecule has 0 bridgehead atoms. The van der Waals surface area contributed by atoms with E-state index in [2.05, 4.69) is 30.7 Å². The average Bonchev–Trinajstić information content (AvgIpc) is 2.13. The van der Waals surface area contributed by atoms with Crippen LogP contribution in [0.4, 0.5) is 0 Å². The van der Waals surface area contributed by atoms with Crippen molar-refractivity contribution in [2.24, 2.45) is 0 Å². The monoisotopic (exact) mass is 240 g/mol. The Morgan fingerprint density at radius 2 is 2.06 bits per heavy atom. The largest absolute Gasteiger partial charge is 0.389 e. The zero-order valence-corrected chi connectivity index (χ0v) is 11.4. The summed E-state index contributed by atoms with van der Waals surface area (Å²) in [6.45, 7) is 10.2. The van der Waals surface area contributed by atoms with Crippen molar-refractivity contribution in [2.45, 2.75) is 51.2 Å². The van der Waals surface area contributed by atoms with Crippen molar-refractivity contribution in [1.82, 2.24) is 9.97 Å². The molecule has 0 aromatic carbocycles. The minimum Gasteiger partial charge on any atom is -0.389 e. The second-order valence-electron chi connectivity index (χ2n) is 4.90. The van der Waals surface area contributed by atoms with E-state index in [9.17, 15) is 5.11 Å². The first-order valence-electron chi connectivity index (χ1n) is 5.44. The summed E-state index contributed by atoms with van der Waals surface area (Å²) in [5.41, 5.74) is 1.68. The van der Waals surface area contributed by atoms with Gasteiger partial charge in [0.05, 0.1) is 11.9 Å². The van der Waals surface area contributed by atoms with Crippen LogP contribution >= 0.6 is 11.8 Å². The number of hydrogen-bond acceptors (Lipinski definition) is 4. The molecule has 0 aliphatic carbocycles. The molecular formula is C12H20N2OS. The van der Waals surface area contributed by atoms with E-state index in [1.54, 1.807) is 13.1 Å². The molecule has 1 aromatic rings. The summed E-state index contributed by atoms with van der Waals surface area (Å²) in [4.78, 5) is 8.68. The van der Waals surface area contributed by atoms with Crippen molar-refractivity contribution in [3.8, 4) is 0 Å². The summed E-state index contributed by atoms with van der Waals surface area (Å²) in [6.07, 6.45) is 1.23. The van der Waals surface area contributed by atoms with Gasteiger partial charge in [0, 0.05) is 22.2 Å². The molecule has 0 aliphatic heterocycles. The number of aliphatic hydroxyl groups is 1. The van der Waals surface area contributed by atoms with Crippen LogP contribution in [0.2, 0.25) is 0 Å². The molecule has 3 nitrogen and oxygen atoms in total. The Labute approximate surface area is 102 Å². The van der Waals surface area contributed by atoms with E-state index in [1.165, 1.54) is 0 Å². The number of aromatic nitrogens is 2. The topological polar surface area (TPSA) is 46.0 Å². The van der Waals surface area contributed by atoms with Gasteiger partial charge in [0.25, 0.3) is 0 Å². The van der Waals surface area contributed by atoms with Gasteiger partial charge in [-0.2, -0.15) is 0 Å². The molecule has 16 heavy (non-hydrogen) atoms. The third-order valence-electron chi connectivity index (χ3n) is 2.15. The van der Waals surface area contributed by atoms with Gasteiger partial charge >= 0.3 is 0 Å². The first-order chi connectivity index (χ1) is 7.29. The molecule has 0 aliphatic rings. The average molecular weight is 240 g/mol. The number of aliphatic hydroxyl groups excluding tert-OH is 1. The minimum atomic E-state index is -0.496. The molecule has 0 unspecified atom stereocenters. The fourth-order valence-electron chi connectivity index (χ4n) is 1.29. The van der Waals surface area contributed by atoms with Crippen LogP contribution in [0.3, 0.4) is 0 Å². The minimum absolute atomic E-state index is 0.222. The van der Waals surface area contributed by atoms with Gasteiger partial charge in [-0.05, 0) is 13.8 Å². The van der Waals surface area contributed by atoms with E-state index in [-0.39, 0.29) is 4.75 Å². The molecule has 0 fully saturated rings. The van der Waals surface area contributed by atoms with Crippen molar-refractivity contribution < 1.29 is 5.11 Å². The summed E-state index contributed by atoms with van der Waals surface area (Å²) in [5, 5.41) is 9.47. The quantitative estimate of drug-likeness (QED) is 0.882. The van der Waals surface area contributed by atoms with Crippen LogP contribution in [-0.4, -0.2) is 19.8 Å². The van der Waals surface area contributed by atoms with E-state index >= 15 is 0 Å². The van der Waals surface area contributed by atoms with Gasteiger partial charge < -0.3 is 5.11 Å². The van der Waals surface area contributed by atoms with Gasteiger partial charge in [-0.3, -0.25) is 0 Å². The van der Waals surface area contributed by atoms with Crippen molar-refractivity contribution in [3.63, 3.8) is 0 Å². The highest BCUT2D eigenvalue weighted by molar-refractivity contribution is 7.99. The Morgan fingerprint density at radius 3 is 2.50 bits per heavy atom. The van der Waals surface area contributed by atoms with E-state index in [0.717, 1.165) is 22.8 Å². The number of thioether (sulfide) groups is 1. The maximum atomic E-state index is 9.47. The van der Waals surface area contributed by atoms with E-state index in [4.69, 9.17) is 0 Å². The van der Waals surface area contributed by atoms with Gasteiger partial charge in [0.15, 0.2) is 0 Å². The van der Waals surface area contributed by atoms with Crippen LogP contribution in [0.15, 0.2) is 6.20 Å². The van der Waals surface area contributed by atoms with E-state index in [1.807, 2.05) is 18.7 Å². The molecule has 4 heteroatoms. The maximum Gasteiger partial charge on any atom is 0.138 e. The summed E-state index contributed by atoms with van der Waals surface area (Å²) in [7, 11) is 0. The van der Waals surface area contributed by atoms with Crippen molar-refractivity contribution in [2.75, 3.05) is 0 Å². The Balaban J connectivity index is 2.74. The van der Waals surface area contributed by atoms with E-state index < -0.39 is 6.10 Å². The van der Waals surface area contributed by atoms with Crippen LogP contribution in [0.1, 0.15) is 50.9 Å². The fourth-order valence-corrected chi connectivity index (χ4v) is 1.99. The Kier molecular flexibility index (Phi) is 4.33. The molecule has 1 N–H and O–H groups in total. The second-order valence-corrected chi connectivity index (χ2v) is 6.71.